The normalized spacial score (nSPS) is 24.1. The van der Waals surface area contributed by atoms with E-state index in [2.05, 4.69) is 47.5 Å². The summed E-state index contributed by atoms with van der Waals surface area (Å²) in [6, 6.07) is 0. The molecule has 1 aliphatic heterocycles. The van der Waals surface area contributed by atoms with Crippen molar-refractivity contribution in [2.75, 3.05) is 20.1 Å². The van der Waals surface area contributed by atoms with Crippen LogP contribution in [0.2, 0.25) is 0 Å². The summed E-state index contributed by atoms with van der Waals surface area (Å²) in [5, 5.41) is 0. The molecule has 10 heavy (non-hydrogen) atoms. The molecule has 0 N–H and O–H groups in total. The fourth-order valence-electron chi connectivity index (χ4n) is 1.15. The highest BCUT2D eigenvalue weighted by Crippen LogP contribution is 2.18. The Labute approximate surface area is 76.6 Å². The molecule has 1 nitrogen and oxygen atoms in total. The number of hydrogen-bond acceptors (Lipinski definition) is 1. The van der Waals surface area contributed by atoms with Gasteiger partial charge in [-0.3, -0.25) is 0 Å². The third-order valence-electron chi connectivity index (χ3n) is 1.96. The van der Waals surface area contributed by atoms with E-state index < -0.39 is 0 Å². The van der Waals surface area contributed by atoms with Crippen LogP contribution in [-0.2, 0) is 0 Å². The molecule has 0 aliphatic carbocycles. The highest BCUT2D eigenvalue weighted by atomic mass is 127. The van der Waals surface area contributed by atoms with E-state index in [1.165, 1.54) is 13.0 Å². The minimum atomic E-state index is 0.728. The Morgan fingerprint density at radius 2 is 2.40 bits per heavy atom. The lowest BCUT2D eigenvalue weighted by atomic mass is 10.1. The van der Waals surface area contributed by atoms with Crippen LogP contribution < -0.4 is 0 Å². The minimum absolute atomic E-state index is 0.728. The van der Waals surface area contributed by atoms with Gasteiger partial charge in [0.05, 0.1) is 0 Å². The van der Waals surface area contributed by atoms with Crippen LogP contribution >= 0.6 is 22.6 Å². The number of halogens is 1. The fourth-order valence-corrected chi connectivity index (χ4v) is 1.71. The zero-order valence-electron chi connectivity index (χ0n) is 6.60. The van der Waals surface area contributed by atoms with Crippen LogP contribution in [-0.4, -0.2) is 29.0 Å². The van der Waals surface area contributed by atoms with Crippen molar-refractivity contribution >= 4 is 22.6 Å². The van der Waals surface area contributed by atoms with Crippen molar-refractivity contribution < 1.29 is 0 Å². The number of hydrogen-bond donors (Lipinski definition) is 0. The molecule has 0 bridgehead atoms. The summed E-state index contributed by atoms with van der Waals surface area (Å²) in [5.74, 6) is 0. The molecule has 0 aromatic carbocycles. The van der Waals surface area contributed by atoms with E-state index in [1.807, 2.05) is 0 Å². The largest absolute Gasteiger partial charge is 0.302 e. The van der Waals surface area contributed by atoms with Crippen LogP contribution in [0.3, 0.4) is 0 Å². The van der Waals surface area contributed by atoms with Crippen LogP contribution in [0.25, 0.3) is 0 Å². The Bertz CT molecular complexity index is 140. The van der Waals surface area contributed by atoms with Crippen molar-refractivity contribution in [2.45, 2.75) is 17.3 Å². The highest BCUT2D eigenvalue weighted by molar-refractivity contribution is 14.1. The van der Waals surface area contributed by atoms with Gasteiger partial charge in [-0.2, -0.15) is 0 Å². The Kier molecular flexibility index (Phi) is 3.17. The van der Waals surface area contributed by atoms with Crippen LogP contribution in [0.4, 0.5) is 0 Å². The maximum Gasteiger partial charge on any atom is 0.0291 e. The first-order valence-corrected chi connectivity index (χ1v) is 4.96. The van der Waals surface area contributed by atoms with E-state index in [9.17, 15) is 0 Å². The highest BCUT2D eigenvalue weighted by Gasteiger charge is 2.10. The molecule has 1 aliphatic rings. The van der Waals surface area contributed by atoms with E-state index >= 15 is 0 Å². The zero-order chi connectivity index (χ0) is 7.56. The molecule has 1 heterocycles. The lowest BCUT2D eigenvalue weighted by molar-refractivity contribution is 0.358. The van der Waals surface area contributed by atoms with Crippen molar-refractivity contribution in [3.63, 3.8) is 0 Å². The third kappa shape index (κ3) is 2.23. The summed E-state index contributed by atoms with van der Waals surface area (Å²) in [6.45, 7) is 4.64. The summed E-state index contributed by atoms with van der Waals surface area (Å²) in [7, 11) is 2.17. The van der Waals surface area contributed by atoms with Crippen molar-refractivity contribution in [3.8, 4) is 0 Å². The Hall–Kier alpha value is 0.430. The monoisotopic (exact) mass is 251 g/mol. The lowest BCUT2D eigenvalue weighted by Gasteiger charge is -2.23. The van der Waals surface area contributed by atoms with E-state index in [1.54, 1.807) is 5.57 Å². The quantitative estimate of drug-likeness (QED) is 0.392. The van der Waals surface area contributed by atoms with Crippen molar-refractivity contribution in [3.05, 3.63) is 11.6 Å². The first-order chi connectivity index (χ1) is 4.70. The molecule has 0 saturated heterocycles. The van der Waals surface area contributed by atoms with Gasteiger partial charge in [0.2, 0.25) is 0 Å². The second-order valence-electron chi connectivity index (χ2n) is 2.91. The number of nitrogens with zero attached hydrogens (tertiary/aromatic N) is 1. The van der Waals surface area contributed by atoms with Crippen molar-refractivity contribution in [1.82, 2.24) is 4.90 Å². The molecule has 1 rings (SSSR count). The molecular weight excluding hydrogens is 237 g/mol. The van der Waals surface area contributed by atoms with Gasteiger partial charge in [0.15, 0.2) is 0 Å². The van der Waals surface area contributed by atoms with E-state index in [0.717, 1.165) is 10.5 Å². The molecule has 0 fully saturated rings. The van der Waals surface area contributed by atoms with Gasteiger partial charge in [0.25, 0.3) is 0 Å². The van der Waals surface area contributed by atoms with Crippen LogP contribution in [0, 0.1) is 0 Å². The first kappa shape index (κ1) is 8.53. The van der Waals surface area contributed by atoms with E-state index in [0.29, 0.717) is 0 Å². The summed E-state index contributed by atoms with van der Waals surface area (Å²) < 4.78 is 0.728. The number of likely N-dealkylation sites (N-methyl/N-ethyl adjacent to an activating group) is 1. The third-order valence-corrected chi connectivity index (χ3v) is 2.76. The van der Waals surface area contributed by atoms with Crippen molar-refractivity contribution in [2.24, 2.45) is 0 Å². The van der Waals surface area contributed by atoms with Crippen LogP contribution in [0.5, 0.6) is 0 Å². The fraction of sp³-hybridized carbons (Fsp3) is 0.750. The molecule has 0 radical (unpaired) electrons. The van der Waals surface area contributed by atoms with Crippen molar-refractivity contribution in [1.29, 1.82) is 0 Å². The second kappa shape index (κ2) is 3.72. The molecule has 0 saturated carbocycles. The van der Waals surface area contributed by atoms with Gasteiger partial charge < -0.3 is 4.90 Å². The average molecular weight is 251 g/mol. The summed E-state index contributed by atoms with van der Waals surface area (Å²) >= 11 is 2.48. The van der Waals surface area contributed by atoms with E-state index in [4.69, 9.17) is 0 Å². The maximum atomic E-state index is 2.48. The standard InChI is InChI=1S/C8H14IN/c1-7(9)8-3-5-10(2)6-4-8/h3,7H,4-6H2,1-2H3/t7-/m0/s1. The summed E-state index contributed by atoms with van der Waals surface area (Å²) in [6.07, 6.45) is 3.63. The second-order valence-corrected chi connectivity index (χ2v) is 4.78. The van der Waals surface area contributed by atoms with Crippen LogP contribution in [0.1, 0.15) is 13.3 Å². The van der Waals surface area contributed by atoms with Gasteiger partial charge in [0, 0.05) is 17.0 Å². The lowest BCUT2D eigenvalue weighted by Crippen LogP contribution is -2.25. The summed E-state index contributed by atoms with van der Waals surface area (Å²) in [5.41, 5.74) is 1.62. The first-order valence-electron chi connectivity index (χ1n) is 3.71. The van der Waals surface area contributed by atoms with Gasteiger partial charge in [-0.15, -0.1) is 0 Å². The topological polar surface area (TPSA) is 3.24 Å². The van der Waals surface area contributed by atoms with Gasteiger partial charge in [-0.05, 0) is 20.4 Å². The van der Waals surface area contributed by atoms with Gasteiger partial charge in [-0.25, -0.2) is 0 Å². The molecule has 0 amide bonds. The molecule has 0 aromatic rings. The molecular formula is C8H14IN. The average Bonchev–Trinajstić information content (AvgIpc) is 1.88. The van der Waals surface area contributed by atoms with Gasteiger partial charge in [-0.1, -0.05) is 34.2 Å². The molecule has 0 aromatic heterocycles. The predicted octanol–water partition coefficient (Wildman–Crippen LogP) is 2.07. The summed E-state index contributed by atoms with van der Waals surface area (Å²) in [4.78, 5) is 2.35. The predicted molar refractivity (Wildman–Crippen MR) is 53.7 cm³/mol. The SMILES string of the molecule is C[C@H](I)C1=CCN(C)CC1. The maximum absolute atomic E-state index is 2.48. The minimum Gasteiger partial charge on any atom is -0.302 e. The molecule has 0 unspecified atom stereocenters. The Morgan fingerprint density at radius 1 is 1.70 bits per heavy atom. The molecule has 2 heteroatoms. The van der Waals surface area contributed by atoms with Gasteiger partial charge >= 0.3 is 0 Å². The smallest absolute Gasteiger partial charge is 0.0291 e. The number of alkyl halides is 1. The van der Waals surface area contributed by atoms with Gasteiger partial charge in [0.1, 0.15) is 0 Å². The van der Waals surface area contributed by atoms with Crippen LogP contribution in [0.15, 0.2) is 11.6 Å². The zero-order valence-corrected chi connectivity index (χ0v) is 8.76. The Balaban J connectivity index is 2.48. The number of rotatable bonds is 1. The molecule has 58 valence electrons. The molecule has 0 spiro atoms. The molecule has 1 atom stereocenters. The van der Waals surface area contributed by atoms with E-state index in [-0.39, 0.29) is 0 Å². The Morgan fingerprint density at radius 3 is 2.80 bits per heavy atom.